The maximum absolute atomic E-state index is 5.88. The van der Waals surface area contributed by atoms with Gasteiger partial charge in [0, 0.05) is 23.7 Å². The molecule has 1 saturated carbocycles. The Morgan fingerprint density at radius 2 is 2.05 bits per heavy atom. The summed E-state index contributed by atoms with van der Waals surface area (Å²) in [5, 5.41) is 3.48. The largest absolute Gasteiger partial charge is 0.465 e. The minimum atomic E-state index is 0.123. The van der Waals surface area contributed by atoms with Gasteiger partial charge >= 0.3 is 0 Å². The highest BCUT2D eigenvalue weighted by molar-refractivity contribution is 5.21. The van der Waals surface area contributed by atoms with Crippen LogP contribution in [0.25, 0.3) is 0 Å². The monoisotopic (exact) mass is 278 g/mol. The van der Waals surface area contributed by atoms with Gasteiger partial charge < -0.3 is 9.73 Å². The Labute approximate surface area is 123 Å². The van der Waals surface area contributed by atoms with Crippen LogP contribution < -0.4 is 5.32 Å². The van der Waals surface area contributed by atoms with Gasteiger partial charge in [0.15, 0.2) is 0 Å². The molecule has 0 aliphatic heterocycles. The number of furan rings is 1. The second-order valence-corrected chi connectivity index (χ2v) is 7.39. The van der Waals surface area contributed by atoms with Gasteiger partial charge in [-0.15, -0.1) is 0 Å². The Balaban J connectivity index is 1.93. The topological polar surface area (TPSA) is 28.4 Å². The minimum Gasteiger partial charge on any atom is -0.465 e. The van der Waals surface area contributed by atoms with Crippen LogP contribution in [0.1, 0.15) is 57.6 Å². The highest BCUT2D eigenvalue weighted by Gasteiger charge is 2.30. The molecule has 1 heterocycles. The molecular formula is C17H30N2O. The molecule has 1 atom stereocenters. The van der Waals surface area contributed by atoms with E-state index in [4.69, 9.17) is 4.42 Å². The number of nitrogens with one attached hydrogen (secondary N) is 1. The normalized spacial score (nSPS) is 17.8. The Morgan fingerprint density at radius 1 is 1.40 bits per heavy atom. The van der Waals surface area contributed by atoms with Crippen molar-refractivity contribution < 1.29 is 4.42 Å². The second kappa shape index (κ2) is 5.90. The van der Waals surface area contributed by atoms with Crippen molar-refractivity contribution in [1.29, 1.82) is 0 Å². The molecule has 0 spiro atoms. The van der Waals surface area contributed by atoms with Gasteiger partial charge in [-0.3, -0.25) is 4.90 Å². The van der Waals surface area contributed by atoms with Crippen molar-refractivity contribution in [1.82, 2.24) is 10.2 Å². The summed E-state index contributed by atoms with van der Waals surface area (Å²) in [5.74, 6) is 3.01. The lowest BCUT2D eigenvalue weighted by molar-refractivity contribution is 0.225. The van der Waals surface area contributed by atoms with E-state index in [-0.39, 0.29) is 5.54 Å². The van der Waals surface area contributed by atoms with Gasteiger partial charge in [0.1, 0.15) is 11.5 Å². The Kier molecular flexibility index (Phi) is 4.60. The van der Waals surface area contributed by atoms with Gasteiger partial charge in [-0.1, -0.05) is 0 Å². The first-order valence-corrected chi connectivity index (χ1v) is 7.80. The fourth-order valence-electron chi connectivity index (χ4n) is 2.54. The van der Waals surface area contributed by atoms with Crippen LogP contribution >= 0.6 is 0 Å². The van der Waals surface area contributed by atoms with Crippen LogP contribution in [-0.4, -0.2) is 23.5 Å². The molecule has 1 unspecified atom stereocenters. The SMILES string of the molecule is Cc1oc(CNC(C)(C)C)cc1CN(C)C(C)C1CC1. The molecule has 0 amide bonds. The summed E-state index contributed by atoms with van der Waals surface area (Å²) in [4.78, 5) is 2.45. The lowest BCUT2D eigenvalue weighted by Crippen LogP contribution is -2.34. The van der Waals surface area contributed by atoms with Crippen molar-refractivity contribution in [3.63, 3.8) is 0 Å². The number of nitrogens with zero attached hydrogens (tertiary/aromatic N) is 1. The molecule has 3 heteroatoms. The van der Waals surface area contributed by atoms with Crippen LogP contribution in [0.4, 0.5) is 0 Å². The molecule has 2 rings (SSSR count). The molecule has 1 aliphatic carbocycles. The van der Waals surface area contributed by atoms with Gasteiger partial charge in [0.25, 0.3) is 0 Å². The van der Waals surface area contributed by atoms with Crippen molar-refractivity contribution in [2.75, 3.05) is 7.05 Å². The van der Waals surface area contributed by atoms with E-state index in [1.807, 2.05) is 0 Å². The average molecular weight is 278 g/mol. The first-order valence-electron chi connectivity index (χ1n) is 7.80. The van der Waals surface area contributed by atoms with Gasteiger partial charge in [-0.25, -0.2) is 0 Å². The zero-order chi connectivity index (χ0) is 14.9. The van der Waals surface area contributed by atoms with E-state index < -0.39 is 0 Å². The van der Waals surface area contributed by atoms with Crippen LogP contribution in [0.3, 0.4) is 0 Å². The van der Waals surface area contributed by atoms with Crippen LogP contribution in [0.2, 0.25) is 0 Å². The summed E-state index contributed by atoms with van der Waals surface area (Å²) in [7, 11) is 2.22. The van der Waals surface area contributed by atoms with E-state index >= 15 is 0 Å². The first-order chi connectivity index (χ1) is 9.26. The van der Waals surface area contributed by atoms with Gasteiger partial charge in [-0.05, 0) is 66.5 Å². The third-order valence-electron chi connectivity index (χ3n) is 4.28. The Bertz CT molecular complexity index is 440. The Morgan fingerprint density at radius 3 is 2.60 bits per heavy atom. The van der Waals surface area contributed by atoms with Crippen molar-refractivity contribution >= 4 is 0 Å². The molecule has 1 N–H and O–H groups in total. The summed E-state index contributed by atoms with van der Waals surface area (Å²) in [5.41, 5.74) is 1.45. The maximum Gasteiger partial charge on any atom is 0.118 e. The summed E-state index contributed by atoms with van der Waals surface area (Å²) in [6.45, 7) is 12.7. The third-order valence-corrected chi connectivity index (χ3v) is 4.28. The quantitative estimate of drug-likeness (QED) is 0.860. The number of rotatable bonds is 6. The summed E-state index contributed by atoms with van der Waals surface area (Å²) in [6.07, 6.45) is 2.80. The first kappa shape index (κ1) is 15.6. The van der Waals surface area contributed by atoms with E-state index in [0.717, 1.165) is 30.5 Å². The van der Waals surface area contributed by atoms with E-state index in [0.29, 0.717) is 6.04 Å². The molecule has 20 heavy (non-hydrogen) atoms. The molecule has 1 aliphatic rings. The Hall–Kier alpha value is -0.800. The molecule has 1 fully saturated rings. The predicted octanol–water partition coefficient (Wildman–Crippen LogP) is 3.71. The van der Waals surface area contributed by atoms with Crippen molar-refractivity contribution in [2.45, 2.75) is 72.1 Å². The number of hydrogen-bond donors (Lipinski definition) is 1. The fraction of sp³-hybridized carbons (Fsp3) is 0.765. The van der Waals surface area contributed by atoms with Crippen LogP contribution in [0, 0.1) is 12.8 Å². The van der Waals surface area contributed by atoms with Gasteiger partial charge in [0.2, 0.25) is 0 Å². The minimum absolute atomic E-state index is 0.123. The molecule has 0 radical (unpaired) electrons. The lowest BCUT2D eigenvalue weighted by atomic mass is 10.1. The van der Waals surface area contributed by atoms with Gasteiger partial charge in [0.05, 0.1) is 6.54 Å². The van der Waals surface area contributed by atoms with Gasteiger partial charge in [-0.2, -0.15) is 0 Å². The molecule has 1 aromatic rings. The summed E-state index contributed by atoms with van der Waals surface area (Å²) >= 11 is 0. The summed E-state index contributed by atoms with van der Waals surface area (Å²) in [6, 6.07) is 2.89. The zero-order valence-corrected chi connectivity index (χ0v) is 13.9. The fourth-order valence-corrected chi connectivity index (χ4v) is 2.54. The second-order valence-electron chi connectivity index (χ2n) is 7.39. The highest BCUT2D eigenvalue weighted by Crippen LogP contribution is 2.35. The van der Waals surface area contributed by atoms with Crippen LogP contribution in [0.15, 0.2) is 10.5 Å². The lowest BCUT2D eigenvalue weighted by Gasteiger charge is -2.24. The van der Waals surface area contributed by atoms with E-state index in [2.05, 4.69) is 57.9 Å². The third kappa shape index (κ3) is 4.35. The molecular weight excluding hydrogens is 248 g/mol. The predicted molar refractivity (Wildman–Crippen MR) is 83.7 cm³/mol. The van der Waals surface area contributed by atoms with Crippen molar-refractivity contribution in [3.05, 3.63) is 23.2 Å². The van der Waals surface area contributed by atoms with E-state index in [9.17, 15) is 0 Å². The maximum atomic E-state index is 5.88. The molecule has 3 nitrogen and oxygen atoms in total. The zero-order valence-electron chi connectivity index (χ0n) is 13.9. The van der Waals surface area contributed by atoms with E-state index in [1.165, 1.54) is 18.4 Å². The van der Waals surface area contributed by atoms with Crippen LogP contribution in [0.5, 0.6) is 0 Å². The van der Waals surface area contributed by atoms with Crippen LogP contribution in [-0.2, 0) is 13.1 Å². The molecule has 0 aromatic carbocycles. The smallest absolute Gasteiger partial charge is 0.118 e. The molecule has 0 saturated heterocycles. The molecule has 1 aromatic heterocycles. The number of aryl methyl sites for hydroxylation is 1. The number of hydrogen-bond acceptors (Lipinski definition) is 3. The molecule has 0 bridgehead atoms. The average Bonchev–Trinajstić information content (AvgIpc) is 3.12. The van der Waals surface area contributed by atoms with Crippen molar-refractivity contribution in [3.8, 4) is 0 Å². The van der Waals surface area contributed by atoms with E-state index in [1.54, 1.807) is 0 Å². The molecule has 114 valence electrons. The van der Waals surface area contributed by atoms with Crippen molar-refractivity contribution in [2.24, 2.45) is 5.92 Å². The summed E-state index contributed by atoms with van der Waals surface area (Å²) < 4.78 is 5.88. The highest BCUT2D eigenvalue weighted by atomic mass is 16.3. The standard InChI is InChI=1S/C17H30N2O/c1-12(14-7-8-14)19(6)11-15-9-16(20-13(15)2)10-18-17(3,4)5/h9,12,14,18H,7-8,10-11H2,1-6H3.